The molecular formula is C14H20S2. The average Bonchev–Trinajstić information content (AvgIpc) is 2.67. The van der Waals surface area contributed by atoms with Gasteiger partial charge < -0.3 is 0 Å². The monoisotopic (exact) mass is 252 g/mol. The van der Waals surface area contributed by atoms with Crippen molar-refractivity contribution in [2.75, 3.05) is 6.26 Å². The first kappa shape index (κ1) is 13.6. The van der Waals surface area contributed by atoms with E-state index in [1.165, 1.54) is 20.2 Å². The Kier molecular flexibility index (Phi) is 4.45. The number of thiophene rings is 1. The van der Waals surface area contributed by atoms with Crippen LogP contribution in [-0.4, -0.2) is 6.26 Å². The Bertz CT molecular complexity index is 403. The van der Waals surface area contributed by atoms with E-state index in [-0.39, 0.29) is 5.41 Å². The maximum Gasteiger partial charge on any atom is 0.0353 e. The Morgan fingerprint density at radius 3 is 2.38 bits per heavy atom. The molecule has 0 aliphatic carbocycles. The molecule has 0 saturated carbocycles. The van der Waals surface area contributed by atoms with E-state index in [0.717, 1.165) is 0 Å². The van der Waals surface area contributed by atoms with Crippen LogP contribution in [0.25, 0.3) is 5.57 Å². The summed E-state index contributed by atoms with van der Waals surface area (Å²) >= 11 is 3.66. The van der Waals surface area contributed by atoms with E-state index in [1.54, 1.807) is 11.8 Å². The molecule has 0 nitrogen and oxygen atoms in total. The summed E-state index contributed by atoms with van der Waals surface area (Å²) in [5.41, 5.74) is 1.51. The van der Waals surface area contributed by atoms with Crippen LogP contribution < -0.4 is 0 Å². The maximum atomic E-state index is 3.91. The van der Waals surface area contributed by atoms with Gasteiger partial charge in [-0.15, -0.1) is 23.1 Å². The van der Waals surface area contributed by atoms with Crippen LogP contribution in [0.3, 0.4) is 0 Å². The molecule has 1 heterocycles. The highest BCUT2D eigenvalue weighted by Crippen LogP contribution is 2.35. The van der Waals surface area contributed by atoms with Gasteiger partial charge in [-0.1, -0.05) is 33.4 Å². The zero-order valence-electron chi connectivity index (χ0n) is 10.8. The third-order valence-corrected chi connectivity index (χ3v) is 4.88. The number of allylic oxidation sites excluding steroid dienone is 3. The van der Waals surface area contributed by atoms with Crippen molar-refractivity contribution in [1.82, 2.24) is 0 Å². The SMILES string of the molecule is C=CC(=C(C)SC)c1ccc(C(C)(C)C)s1. The summed E-state index contributed by atoms with van der Waals surface area (Å²) in [6.07, 6.45) is 4.07. The average molecular weight is 252 g/mol. The van der Waals surface area contributed by atoms with Crippen LogP contribution in [-0.2, 0) is 5.41 Å². The third kappa shape index (κ3) is 3.02. The number of hydrogen-bond acceptors (Lipinski definition) is 2. The minimum atomic E-state index is 0.239. The van der Waals surface area contributed by atoms with Gasteiger partial charge >= 0.3 is 0 Å². The van der Waals surface area contributed by atoms with E-state index in [9.17, 15) is 0 Å². The molecule has 16 heavy (non-hydrogen) atoms. The molecule has 0 aromatic carbocycles. The van der Waals surface area contributed by atoms with Crippen LogP contribution in [0, 0.1) is 0 Å². The van der Waals surface area contributed by atoms with Crippen molar-refractivity contribution in [2.24, 2.45) is 0 Å². The second kappa shape index (κ2) is 5.24. The topological polar surface area (TPSA) is 0 Å². The molecule has 1 aromatic heterocycles. The summed E-state index contributed by atoms with van der Waals surface area (Å²) in [4.78, 5) is 4.08. The van der Waals surface area contributed by atoms with E-state index in [2.05, 4.69) is 52.7 Å². The van der Waals surface area contributed by atoms with E-state index in [1.807, 2.05) is 17.4 Å². The van der Waals surface area contributed by atoms with Gasteiger partial charge in [0.1, 0.15) is 0 Å². The molecule has 88 valence electrons. The predicted molar refractivity (Wildman–Crippen MR) is 79.3 cm³/mol. The van der Waals surface area contributed by atoms with Crippen LogP contribution in [0.4, 0.5) is 0 Å². The van der Waals surface area contributed by atoms with Crippen LogP contribution in [0.2, 0.25) is 0 Å². The first-order chi connectivity index (χ1) is 7.40. The lowest BCUT2D eigenvalue weighted by Crippen LogP contribution is -2.07. The van der Waals surface area contributed by atoms with Gasteiger partial charge in [-0.05, 0) is 35.6 Å². The van der Waals surface area contributed by atoms with Crippen LogP contribution in [0.1, 0.15) is 37.4 Å². The highest BCUT2D eigenvalue weighted by atomic mass is 32.2. The van der Waals surface area contributed by atoms with Crippen molar-refractivity contribution in [3.63, 3.8) is 0 Å². The standard InChI is InChI=1S/C14H20S2/c1-7-11(10(2)15-6)12-8-9-13(16-12)14(3,4)5/h7-9H,1H2,2-6H3. The van der Waals surface area contributed by atoms with Crippen LogP contribution in [0.15, 0.2) is 29.7 Å². The molecule has 0 N–H and O–H groups in total. The first-order valence-electron chi connectivity index (χ1n) is 5.38. The van der Waals surface area contributed by atoms with Crippen molar-refractivity contribution in [3.05, 3.63) is 39.4 Å². The maximum absolute atomic E-state index is 3.91. The van der Waals surface area contributed by atoms with Crippen molar-refractivity contribution >= 4 is 28.7 Å². The van der Waals surface area contributed by atoms with E-state index in [4.69, 9.17) is 0 Å². The molecule has 0 aliphatic heterocycles. The smallest absolute Gasteiger partial charge is 0.0353 e. The first-order valence-corrected chi connectivity index (χ1v) is 7.42. The fourth-order valence-electron chi connectivity index (χ4n) is 1.41. The van der Waals surface area contributed by atoms with Crippen molar-refractivity contribution in [2.45, 2.75) is 33.1 Å². The second-order valence-electron chi connectivity index (χ2n) is 4.79. The summed E-state index contributed by atoms with van der Waals surface area (Å²) in [6.45, 7) is 12.8. The Morgan fingerprint density at radius 2 is 2.00 bits per heavy atom. The van der Waals surface area contributed by atoms with E-state index >= 15 is 0 Å². The molecule has 0 atom stereocenters. The molecule has 0 amide bonds. The number of thioether (sulfide) groups is 1. The Morgan fingerprint density at radius 1 is 1.38 bits per heavy atom. The molecule has 0 saturated heterocycles. The quantitative estimate of drug-likeness (QED) is 0.656. The summed E-state index contributed by atoms with van der Waals surface area (Å²) in [5.74, 6) is 0. The molecule has 0 bridgehead atoms. The second-order valence-corrected chi connectivity index (χ2v) is 6.90. The van der Waals surface area contributed by atoms with Crippen LogP contribution in [0.5, 0.6) is 0 Å². The summed E-state index contributed by atoms with van der Waals surface area (Å²) in [6, 6.07) is 4.44. The lowest BCUT2D eigenvalue weighted by molar-refractivity contribution is 0.604. The highest BCUT2D eigenvalue weighted by molar-refractivity contribution is 8.02. The number of rotatable bonds is 3. The molecule has 0 radical (unpaired) electrons. The molecule has 0 aliphatic rings. The Balaban J connectivity index is 3.16. The molecule has 0 spiro atoms. The van der Waals surface area contributed by atoms with Crippen LogP contribution >= 0.6 is 23.1 Å². The Hall–Kier alpha value is -0.470. The summed E-state index contributed by atoms with van der Waals surface area (Å²) in [7, 11) is 0. The summed E-state index contributed by atoms with van der Waals surface area (Å²) in [5, 5.41) is 0. The largest absolute Gasteiger partial charge is 0.140 e. The van der Waals surface area contributed by atoms with Gasteiger partial charge in [0.15, 0.2) is 0 Å². The minimum absolute atomic E-state index is 0.239. The molecule has 0 unspecified atom stereocenters. The molecule has 2 heteroatoms. The lowest BCUT2D eigenvalue weighted by atomic mass is 9.95. The molecule has 0 fully saturated rings. The molecule has 1 aromatic rings. The van der Waals surface area contributed by atoms with Gasteiger partial charge in [0.25, 0.3) is 0 Å². The van der Waals surface area contributed by atoms with Crippen molar-refractivity contribution in [1.29, 1.82) is 0 Å². The van der Waals surface area contributed by atoms with Gasteiger partial charge in [0, 0.05) is 15.3 Å². The van der Waals surface area contributed by atoms with E-state index in [0.29, 0.717) is 0 Å². The zero-order chi connectivity index (χ0) is 12.3. The van der Waals surface area contributed by atoms with Gasteiger partial charge in [-0.2, -0.15) is 0 Å². The summed E-state index contributed by atoms with van der Waals surface area (Å²) < 4.78 is 0. The minimum Gasteiger partial charge on any atom is -0.140 e. The highest BCUT2D eigenvalue weighted by Gasteiger charge is 2.17. The van der Waals surface area contributed by atoms with Gasteiger partial charge in [-0.3, -0.25) is 0 Å². The van der Waals surface area contributed by atoms with Gasteiger partial charge in [0.2, 0.25) is 0 Å². The van der Waals surface area contributed by atoms with Gasteiger partial charge in [0.05, 0.1) is 0 Å². The van der Waals surface area contributed by atoms with Crippen molar-refractivity contribution < 1.29 is 0 Å². The van der Waals surface area contributed by atoms with E-state index < -0.39 is 0 Å². The lowest BCUT2D eigenvalue weighted by Gasteiger charge is -2.15. The molecule has 1 rings (SSSR count). The normalized spacial score (nSPS) is 13.6. The number of hydrogen-bond donors (Lipinski definition) is 0. The molecular weight excluding hydrogens is 232 g/mol. The van der Waals surface area contributed by atoms with Gasteiger partial charge in [-0.25, -0.2) is 0 Å². The zero-order valence-corrected chi connectivity index (χ0v) is 12.4. The fourth-order valence-corrected chi connectivity index (χ4v) is 3.05. The Labute approximate surface area is 107 Å². The predicted octanol–water partition coefficient (Wildman–Crippen LogP) is 5.33. The third-order valence-electron chi connectivity index (χ3n) is 2.50. The van der Waals surface area contributed by atoms with Crippen molar-refractivity contribution in [3.8, 4) is 0 Å². The fraction of sp³-hybridized carbons (Fsp3) is 0.429.